The molecule has 1 aliphatic heterocycles. The Morgan fingerprint density at radius 3 is 2.30 bits per heavy atom. The molecule has 0 spiro atoms. The third-order valence-electron chi connectivity index (χ3n) is 4.38. The predicted molar refractivity (Wildman–Crippen MR) is 95.3 cm³/mol. The van der Waals surface area contributed by atoms with E-state index in [4.69, 9.17) is 23.2 Å². The van der Waals surface area contributed by atoms with Crippen LogP contribution in [0.5, 0.6) is 0 Å². The van der Waals surface area contributed by atoms with Crippen molar-refractivity contribution in [2.24, 2.45) is 7.05 Å². The number of carbonyl (C=O) groups excluding carboxylic acids is 1. The molecule has 0 radical (unpaired) electrons. The number of carbonyl (C=O) groups is 1. The summed E-state index contributed by atoms with van der Waals surface area (Å²) in [5.74, 6) is 0.0454. The van der Waals surface area contributed by atoms with E-state index in [0.717, 1.165) is 12.3 Å². The highest BCUT2D eigenvalue weighted by Crippen LogP contribution is 2.34. The van der Waals surface area contributed by atoms with Crippen LogP contribution in [0, 0.1) is 6.92 Å². The van der Waals surface area contributed by atoms with E-state index in [-0.39, 0.29) is 21.9 Å². The molecule has 0 atom stereocenters. The number of halogens is 5. The van der Waals surface area contributed by atoms with E-state index in [2.05, 4.69) is 10.1 Å². The summed E-state index contributed by atoms with van der Waals surface area (Å²) in [7, 11) is 1.66. The number of nitrogens with zero attached hydrogens (tertiary/aromatic N) is 5. The van der Waals surface area contributed by atoms with Crippen LogP contribution in [0.2, 0.25) is 10.2 Å². The number of anilines is 1. The maximum Gasteiger partial charge on any atom is 0.417 e. The molecule has 11 heteroatoms. The van der Waals surface area contributed by atoms with Crippen LogP contribution in [0.3, 0.4) is 0 Å². The van der Waals surface area contributed by atoms with Crippen LogP contribution in [0.15, 0.2) is 12.3 Å². The quantitative estimate of drug-likeness (QED) is 0.745. The van der Waals surface area contributed by atoms with Crippen molar-refractivity contribution in [2.45, 2.75) is 13.1 Å². The van der Waals surface area contributed by atoms with Gasteiger partial charge in [-0.3, -0.25) is 9.48 Å². The highest BCUT2D eigenvalue weighted by atomic mass is 35.5. The summed E-state index contributed by atoms with van der Waals surface area (Å²) in [5, 5.41) is 4.33. The summed E-state index contributed by atoms with van der Waals surface area (Å²) in [4.78, 5) is 20.0. The Morgan fingerprint density at radius 2 is 1.81 bits per heavy atom. The normalized spacial score (nSPS) is 15.4. The minimum absolute atomic E-state index is 0.0734. The predicted octanol–water partition coefficient (Wildman–Crippen LogP) is 3.41. The van der Waals surface area contributed by atoms with Gasteiger partial charge < -0.3 is 9.80 Å². The van der Waals surface area contributed by atoms with Gasteiger partial charge in [0.2, 0.25) is 0 Å². The minimum Gasteiger partial charge on any atom is -0.352 e. The van der Waals surface area contributed by atoms with Crippen molar-refractivity contribution in [3.8, 4) is 0 Å². The number of rotatable bonds is 2. The largest absolute Gasteiger partial charge is 0.417 e. The molecule has 3 heterocycles. The van der Waals surface area contributed by atoms with Crippen molar-refractivity contribution in [1.29, 1.82) is 0 Å². The molecule has 0 aliphatic carbocycles. The van der Waals surface area contributed by atoms with Crippen LogP contribution < -0.4 is 4.90 Å². The van der Waals surface area contributed by atoms with Gasteiger partial charge in [-0.1, -0.05) is 23.2 Å². The Hall–Kier alpha value is -2.00. The monoisotopic (exact) mass is 421 g/mol. The second-order valence-electron chi connectivity index (χ2n) is 6.18. The van der Waals surface area contributed by atoms with Crippen molar-refractivity contribution in [3.63, 3.8) is 0 Å². The number of hydrogen-bond acceptors (Lipinski definition) is 4. The second kappa shape index (κ2) is 7.20. The van der Waals surface area contributed by atoms with Gasteiger partial charge in [0, 0.05) is 39.4 Å². The van der Waals surface area contributed by atoms with Crippen LogP contribution >= 0.6 is 23.2 Å². The smallest absolute Gasteiger partial charge is 0.352 e. The summed E-state index contributed by atoms with van der Waals surface area (Å²) in [6.45, 7) is 3.22. The summed E-state index contributed by atoms with van der Waals surface area (Å²) in [6.07, 6.45) is -3.74. The fraction of sp³-hybridized carbons (Fsp3) is 0.438. The Morgan fingerprint density at radius 1 is 1.19 bits per heavy atom. The molecule has 6 nitrogen and oxygen atoms in total. The molecule has 146 valence electrons. The lowest BCUT2D eigenvalue weighted by atomic mass is 10.2. The lowest BCUT2D eigenvalue weighted by Crippen LogP contribution is -2.49. The first-order valence-corrected chi connectivity index (χ1v) is 8.81. The van der Waals surface area contributed by atoms with Gasteiger partial charge in [-0.2, -0.15) is 18.3 Å². The van der Waals surface area contributed by atoms with Gasteiger partial charge in [-0.15, -0.1) is 0 Å². The first kappa shape index (κ1) is 19.8. The molecular weight excluding hydrogens is 406 g/mol. The third kappa shape index (κ3) is 3.84. The Kier molecular flexibility index (Phi) is 5.27. The summed E-state index contributed by atoms with van der Waals surface area (Å²) in [5.41, 5.74) is 0.00689. The van der Waals surface area contributed by atoms with Gasteiger partial charge in [0.1, 0.15) is 11.0 Å². The van der Waals surface area contributed by atoms with E-state index >= 15 is 0 Å². The molecule has 0 bridgehead atoms. The Bertz CT molecular complexity index is 876. The van der Waals surface area contributed by atoms with Crippen LogP contribution in [-0.4, -0.2) is 51.8 Å². The van der Waals surface area contributed by atoms with Gasteiger partial charge in [0.05, 0.1) is 21.8 Å². The molecule has 1 fully saturated rings. The Balaban J connectivity index is 1.71. The average Bonchev–Trinajstić information content (AvgIpc) is 2.86. The van der Waals surface area contributed by atoms with E-state index < -0.39 is 11.7 Å². The average molecular weight is 422 g/mol. The van der Waals surface area contributed by atoms with E-state index in [1.165, 1.54) is 4.68 Å². The highest BCUT2D eigenvalue weighted by molar-refractivity contribution is 6.33. The van der Waals surface area contributed by atoms with Crippen molar-refractivity contribution in [2.75, 3.05) is 31.1 Å². The number of hydrogen-bond donors (Lipinski definition) is 0. The lowest BCUT2D eigenvalue weighted by molar-refractivity contribution is -0.137. The molecule has 0 N–H and O–H groups in total. The molecule has 1 aliphatic rings. The van der Waals surface area contributed by atoms with Gasteiger partial charge in [-0.05, 0) is 13.0 Å². The standard InChI is InChI=1S/C16H16Cl2F3N5O/c1-9-12(13(18)24(2)23-9)15(27)26-5-3-25(4-6-26)14-11(17)7-10(8-22-14)16(19,20)21/h7-8H,3-6H2,1-2H3. The highest BCUT2D eigenvalue weighted by Gasteiger charge is 2.33. The molecule has 0 saturated carbocycles. The van der Waals surface area contributed by atoms with E-state index in [1.807, 2.05) is 0 Å². The van der Waals surface area contributed by atoms with Crippen LogP contribution in [-0.2, 0) is 13.2 Å². The van der Waals surface area contributed by atoms with Gasteiger partial charge in [0.25, 0.3) is 5.91 Å². The molecule has 3 rings (SSSR count). The van der Waals surface area contributed by atoms with Gasteiger partial charge >= 0.3 is 6.18 Å². The molecule has 0 unspecified atom stereocenters. The topological polar surface area (TPSA) is 54.3 Å². The van der Waals surface area contributed by atoms with Crippen molar-refractivity contribution in [3.05, 3.63) is 39.3 Å². The molecule has 0 aromatic carbocycles. The van der Waals surface area contributed by atoms with E-state index in [0.29, 0.717) is 37.4 Å². The molecule has 2 aromatic heterocycles. The maximum absolute atomic E-state index is 12.7. The molecule has 2 aromatic rings. The number of alkyl halides is 3. The number of pyridine rings is 1. The molecule has 27 heavy (non-hydrogen) atoms. The van der Waals surface area contributed by atoms with E-state index in [9.17, 15) is 18.0 Å². The summed E-state index contributed by atoms with van der Waals surface area (Å²) < 4.78 is 39.6. The van der Waals surface area contributed by atoms with E-state index in [1.54, 1.807) is 23.8 Å². The molecule has 1 saturated heterocycles. The fourth-order valence-corrected chi connectivity index (χ4v) is 3.51. The molecule has 1 amide bonds. The van der Waals surface area contributed by atoms with Gasteiger partial charge in [-0.25, -0.2) is 4.98 Å². The first-order chi connectivity index (χ1) is 12.6. The number of piperazine rings is 1. The summed E-state index contributed by atoms with van der Waals surface area (Å²) in [6, 6.07) is 0.861. The number of aryl methyl sites for hydroxylation is 2. The van der Waals surface area contributed by atoms with Gasteiger partial charge in [0.15, 0.2) is 0 Å². The van der Waals surface area contributed by atoms with Crippen molar-refractivity contribution in [1.82, 2.24) is 19.7 Å². The second-order valence-corrected chi connectivity index (χ2v) is 6.95. The molecular formula is C16H16Cl2F3N5O. The van der Waals surface area contributed by atoms with Crippen LogP contribution in [0.25, 0.3) is 0 Å². The van der Waals surface area contributed by atoms with Crippen LogP contribution in [0.4, 0.5) is 19.0 Å². The number of aromatic nitrogens is 3. The zero-order valence-electron chi connectivity index (χ0n) is 14.5. The van der Waals surface area contributed by atoms with Crippen LogP contribution in [0.1, 0.15) is 21.6 Å². The summed E-state index contributed by atoms with van der Waals surface area (Å²) >= 11 is 12.1. The first-order valence-electron chi connectivity index (χ1n) is 8.05. The maximum atomic E-state index is 12.7. The fourth-order valence-electron chi connectivity index (χ4n) is 2.97. The zero-order valence-corrected chi connectivity index (χ0v) is 16.0. The number of amides is 1. The SMILES string of the molecule is Cc1nn(C)c(Cl)c1C(=O)N1CCN(c2ncc(C(F)(F)F)cc2Cl)CC1. The van der Waals surface area contributed by atoms with Crippen molar-refractivity contribution >= 4 is 34.9 Å². The minimum atomic E-state index is -4.50. The van der Waals surface area contributed by atoms with Crippen molar-refractivity contribution < 1.29 is 18.0 Å². The Labute approximate surface area is 163 Å². The zero-order chi connectivity index (χ0) is 19.9. The lowest BCUT2D eigenvalue weighted by Gasteiger charge is -2.35. The third-order valence-corrected chi connectivity index (χ3v) is 5.09.